The summed E-state index contributed by atoms with van der Waals surface area (Å²) in [5, 5.41) is 0. The van der Waals surface area contributed by atoms with Gasteiger partial charge in [0.15, 0.2) is 5.78 Å². The van der Waals surface area contributed by atoms with Gasteiger partial charge < -0.3 is 0 Å². The van der Waals surface area contributed by atoms with Gasteiger partial charge in [0, 0.05) is 12.5 Å². The van der Waals surface area contributed by atoms with Crippen LogP contribution < -0.4 is 0 Å². The highest BCUT2D eigenvalue weighted by Crippen LogP contribution is 2.29. The Morgan fingerprint density at radius 3 is 2.59 bits per heavy atom. The Balaban J connectivity index is 1.94. The van der Waals surface area contributed by atoms with Crippen molar-refractivity contribution in [2.45, 2.75) is 38.5 Å². The average Bonchev–Trinajstić information content (AvgIpc) is 2.78. The SMILES string of the molecule is O=C(CCC1CCCC1)c1ccc(F)cc1F. The van der Waals surface area contributed by atoms with Gasteiger partial charge in [-0.25, -0.2) is 8.78 Å². The number of carbonyl (C=O) groups excluding carboxylic acids is 1. The maximum absolute atomic E-state index is 13.3. The molecule has 0 radical (unpaired) electrons. The molecule has 2 rings (SSSR count). The molecule has 1 fully saturated rings. The first-order valence-electron chi connectivity index (χ1n) is 6.15. The highest BCUT2D eigenvalue weighted by atomic mass is 19.1. The molecule has 0 bridgehead atoms. The maximum Gasteiger partial charge on any atom is 0.165 e. The van der Waals surface area contributed by atoms with Crippen molar-refractivity contribution < 1.29 is 13.6 Å². The van der Waals surface area contributed by atoms with E-state index in [1.807, 2.05) is 0 Å². The lowest BCUT2D eigenvalue weighted by Crippen LogP contribution is -2.05. The molecule has 0 N–H and O–H groups in total. The van der Waals surface area contributed by atoms with Crippen LogP contribution in [0.5, 0.6) is 0 Å². The van der Waals surface area contributed by atoms with E-state index in [4.69, 9.17) is 0 Å². The second-order valence-electron chi connectivity index (χ2n) is 4.74. The molecule has 0 spiro atoms. The third-order valence-electron chi connectivity index (χ3n) is 3.49. The normalized spacial score (nSPS) is 16.4. The van der Waals surface area contributed by atoms with E-state index < -0.39 is 11.6 Å². The molecule has 92 valence electrons. The summed E-state index contributed by atoms with van der Waals surface area (Å²) in [5.41, 5.74) is 0.0180. The van der Waals surface area contributed by atoms with Crippen molar-refractivity contribution in [3.63, 3.8) is 0 Å². The third-order valence-corrected chi connectivity index (χ3v) is 3.49. The van der Waals surface area contributed by atoms with Gasteiger partial charge in [-0.05, 0) is 24.5 Å². The fourth-order valence-electron chi connectivity index (χ4n) is 2.48. The molecule has 1 nitrogen and oxygen atoms in total. The van der Waals surface area contributed by atoms with Crippen LogP contribution in [0.15, 0.2) is 18.2 Å². The van der Waals surface area contributed by atoms with E-state index in [0.717, 1.165) is 18.6 Å². The van der Waals surface area contributed by atoms with Gasteiger partial charge in [-0.1, -0.05) is 25.7 Å². The molecule has 1 aromatic carbocycles. The first-order chi connectivity index (χ1) is 8.16. The Labute approximate surface area is 99.8 Å². The van der Waals surface area contributed by atoms with Gasteiger partial charge in [-0.15, -0.1) is 0 Å². The molecule has 0 aliphatic heterocycles. The number of Topliss-reactive ketones (excluding diaryl/α,β-unsaturated/α-hetero) is 1. The number of benzene rings is 1. The molecule has 0 saturated heterocycles. The Morgan fingerprint density at radius 1 is 1.24 bits per heavy atom. The van der Waals surface area contributed by atoms with Crippen LogP contribution in [0.25, 0.3) is 0 Å². The minimum Gasteiger partial charge on any atom is -0.294 e. The van der Waals surface area contributed by atoms with Gasteiger partial charge in [0.05, 0.1) is 5.56 Å². The van der Waals surface area contributed by atoms with Crippen molar-refractivity contribution >= 4 is 5.78 Å². The van der Waals surface area contributed by atoms with Crippen LogP contribution in [-0.2, 0) is 0 Å². The van der Waals surface area contributed by atoms with Crippen molar-refractivity contribution in [1.82, 2.24) is 0 Å². The van der Waals surface area contributed by atoms with E-state index in [9.17, 15) is 13.6 Å². The zero-order chi connectivity index (χ0) is 12.3. The second-order valence-corrected chi connectivity index (χ2v) is 4.74. The molecule has 17 heavy (non-hydrogen) atoms. The molecule has 1 aliphatic rings. The van der Waals surface area contributed by atoms with Crippen LogP contribution in [0.2, 0.25) is 0 Å². The standard InChI is InChI=1S/C14H16F2O/c15-11-6-7-12(13(16)9-11)14(17)8-5-10-3-1-2-4-10/h6-7,9-10H,1-5,8H2. The Morgan fingerprint density at radius 2 is 1.94 bits per heavy atom. The van der Waals surface area contributed by atoms with E-state index >= 15 is 0 Å². The summed E-state index contributed by atoms with van der Waals surface area (Å²) in [6, 6.07) is 3.14. The van der Waals surface area contributed by atoms with Gasteiger partial charge >= 0.3 is 0 Å². The minimum absolute atomic E-state index is 0.0180. The predicted octanol–water partition coefficient (Wildman–Crippen LogP) is 4.12. The summed E-state index contributed by atoms with van der Waals surface area (Å²) in [4.78, 5) is 11.8. The fraction of sp³-hybridized carbons (Fsp3) is 0.500. The number of ketones is 1. The maximum atomic E-state index is 13.3. The molecule has 1 aliphatic carbocycles. The van der Waals surface area contributed by atoms with E-state index in [1.165, 1.54) is 31.7 Å². The second kappa shape index (κ2) is 5.39. The Hall–Kier alpha value is -1.25. The molecule has 0 aromatic heterocycles. The van der Waals surface area contributed by atoms with Gasteiger partial charge in [0.25, 0.3) is 0 Å². The van der Waals surface area contributed by atoms with Crippen LogP contribution in [0.4, 0.5) is 8.78 Å². The van der Waals surface area contributed by atoms with Crippen LogP contribution >= 0.6 is 0 Å². The fourth-order valence-corrected chi connectivity index (χ4v) is 2.48. The minimum atomic E-state index is -0.749. The van der Waals surface area contributed by atoms with Crippen molar-refractivity contribution in [1.29, 1.82) is 0 Å². The molecule has 0 atom stereocenters. The predicted molar refractivity (Wildman–Crippen MR) is 61.9 cm³/mol. The van der Waals surface area contributed by atoms with E-state index in [1.54, 1.807) is 0 Å². The topological polar surface area (TPSA) is 17.1 Å². The summed E-state index contributed by atoms with van der Waals surface area (Å²) < 4.78 is 26.0. The van der Waals surface area contributed by atoms with Crippen molar-refractivity contribution in [2.75, 3.05) is 0 Å². The molecule has 0 unspecified atom stereocenters. The smallest absolute Gasteiger partial charge is 0.165 e. The molecule has 0 heterocycles. The highest BCUT2D eigenvalue weighted by Gasteiger charge is 2.18. The lowest BCUT2D eigenvalue weighted by molar-refractivity contribution is 0.0970. The zero-order valence-electron chi connectivity index (χ0n) is 9.72. The number of carbonyl (C=O) groups is 1. The molecule has 1 saturated carbocycles. The summed E-state index contributed by atoms with van der Waals surface area (Å²) in [6.45, 7) is 0. The Bertz CT molecular complexity index is 409. The van der Waals surface area contributed by atoms with Crippen LogP contribution in [0.1, 0.15) is 48.9 Å². The lowest BCUT2D eigenvalue weighted by Gasteiger charge is -2.08. The molecular formula is C14H16F2O. The summed E-state index contributed by atoms with van der Waals surface area (Å²) in [6.07, 6.45) is 6.04. The van der Waals surface area contributed by atoms with Crippen molar-refractivity contribution in [3.05, 3.63) is 35.4 Å². The van der Waals surface area contributed by atoms with Crippen LogP contribution in [-0.4, -0.2) is 5.78 Å². The molecule has 1 aromatic rings. The lowest BCUT2D eigenvalue weighted by atomic mass is 9.97. The number of halogens is 2. The number of rotatable bonds is 4. The molecule has 0 amide bonds. The first-order valence-corrected chi connectivity index (χ1v) is 6.15. The van der Waals surface area contributed by atoms with Crippen LogP contribution in [0, 0.1) is 17.6 Å². The quantitative estimate of drug-likeness (QED) is 0.721. The number of hydrogen-bond donors (Lipinski definition) is 0. The molecule has 3 heteroatoms. The number of hydrogen-bond acceptors (Lipinski definition) is 1. The van der Waals surface area contributed by atoms with E-state index in [0.29, 0.717) is 12.3 Å². The summed E-state index contributed by atoms with van der Waals surface area (Å²) in [5.74, 6) is -0.992. The monoisotopic (exact) mass is 238 g/mol. The average molecular weight is 238 g/mol. The Kier molecular flexibility index (Phi) is 3.87. The molecular weight excluding hydrogens is 222 g/mol. The summed E-state index contributed by atoms with van der Waals surface area (Å²) >= 11 is 0. The van der Waals surface area contributed by atoms with Gasteiger partial charge in [0.1, 0.15) is 11.6 Å². The highest BCUT2D eigenvalue weighted by molar-refractivity contribution is 5.96. The van der Waals surface area contributed by atoms with Crippen molar-refractivity contribution in [2.24, 2.45) is 5.92 Å². The van der Waals surface area contributed by atoms with E-state index in [2.05, 4.69) is 0 Å². The van der Waals surface area contributed by atoms with Gasteiger partial charge in [-0.3, -0.25) is 4.79 Å². The largest absolute Gasteiger partial charge is 0.294 e. The first kappa shape index (κ1) is 12.2. The summed E-state index contributed by atoms with van der Waals surface area (Å²) in [7, 11) is 0. The van der Waals surface area contributed by atoms with E-state index in [-0.39, 0.29) is 11.3 Å². The zero-order valence-corrected chi connectivity index (χ0v) is 9.72. The van der Waals surface area contributed by atoms with Gasteiger partial charge in [-0.2, -0.15) is 0 Å². The van der Waals surface area contributed by atoms with Crippen molar-refractivity contribution in [3.8, 4) is 0 Å². The van der Waals surface area contributed by atoms with Gasteiger partial charge in [0.2, 0.25) is 0 Å². The third kappa shape index (κ3) is 3.11. The van der Waals surface area contributed by atoms with Crippen LogP contribution in [0.3, 0.4) is 0 Å².